The van der Waals surface area contributed by atoms with Crippen molar-refractivity contribution < 1.29 is 4.74 Å². The van der Waals surface area contributed by atoms with Crippen LogP contribution in [0.15, 0.2) is 42.5 Å². The van der Waals surface area contributed by atoms with E-state index in [1.165, 1.54) is 16.3 Å². The fourth-order valence-electron chi connectivity index (χ4n) is 2.11. The Bertz CT molecular complexity index is 495. The topological polar surface area (TPSA) is 21.3 Å². The molecule has 0 aliphatic carbocycles. The summed E-state index contributed by atoms with van der Waals surface area (Å²) < 4.78 is 5.49. The summed E-state index contributed by atoms with van der Waals surface area (Å²) in [5.41, 5.74) is 1.32. The third-order valence-electron chi connectivity index (χ3n) is 3.03. The van der Waals surface area contributed by atoms with Gasteiger partial charge in [0.15, 0.2) is 0 Å². The van der Waals surface area contributed by atoms with Crippen LogP contribution < -0.4 is 5.32 Å². The number of nitrogens with one attached hydrogen (secondary N) is 1. The fourth-order valence-corrected chi connectivity index (χ4v) is 2.11. The number of benzene rings is 2. The molecule has 0 aliphatic heterocycles. The molecule has 0 spiro atoms. The molecule has 1 unspecified atom stereocenters. The van der Waals surface area contributed by atoms with Crippen molar-refractivity contribution in [1.82, 2.24) is 5.32 Å². The molecular weight excluding hydrogens is 222 g/mol. The predicted molar refractivity (Wildman–Crippen MR) is 76.7 cm³/mol. The first-order chi connectivity index (χ1) is 8.79. The molecule has 0 radical (unpaired) electrons. The van der Waals surface area contributed by atoms with Gasteiger partial charge in [-0.15, -0.1) is 0 Å². The maximum atomic E-state index is 5.49. The Kier molecular flexibility index (Phi) is 4.73. The summed E-state index contributed by atoms with van der Waals surface area (Å²) in [7, 11) is 0. The molecule has 2 nitrogen and oxygen atoms in total. The minimum Gasteiger partial charge on any atom is -0.377 e. The highest BCUT2D eigenvalue weighted by molar-refractivity contribution is 5.82. The summed E-state index contributed by atoms with van der Waals surface area (Å²) >= 11 is 0. The monoisotopic (exact) mass is 243 g/mol. The molecule has 0 saturated heterocycles. The minimum absolute atomic E-state index is 0.274. The first-order valence-electron chi connectivity index (χ1n) is 6.59. The van der Waals surface area contributed by atoms with E-state index in [4.69, 9.17) is 4.74 Å². The van der Waals surface area contributed by atoms with E-state index in [0.29, 0.717) is 0 Å². The number of hydrogen-bond acceptors (Lipinski definition) is 2. The molecule has 0 heterocycles. The smallest absolute Gasteiger partial charge is 0.0671 e. The average Bonchev–Trinajstić information content (AvgIpc) is 2.39. The SMILES string of the molecule is CCOC(C)CNCc1ccc2ccccc2c1. The van der Waals surface area contributed by atoms with Gasteiger partial charge in [0.25, 0.3) is 0 Å². The van der Waals surface area contributed by atoms with Gasteiger partial charge in [0.05, 0.1) is 6.10 Å². The molecule has 2 rings (SSSR count). The zero-order chi connectivity index (χ0) is 12.8. The van der Waals surface area contributed by atoms with Crippen molar-refractivity contribution in [2.75, 3.05) is 13.2 Å². The molecule has 0 bridgehead atoms. The highest BCUT2D eigenvalue weighted by Crippen LogP contribution is 2.15. The van der Waals surface area contributed by atoms with Gasteiger partial charge < -0.3 is 10.1 Å². The van der Waals surface area contributed by atoms with Gasteiger partial charge >= 0.3 is 0 Å². The van der Waals surface area contributed by atoms with Crippen LogP contribution in [-0.2, 0) is 11.3 Å². The van der Waals surface area contributed by atoms with Crippen LogP contribution in [0.1, 0.15) is 19.4 Å². The van der Waals surface area contributed by atoms with Gasteiger partial charge in [0, 0.05) is 19.7 Å². The molecule has 18 heavy (non-hydrogen) atoms. The van der Waals surface area contributed by atoms with Gasteiger partial charge in [-0.25, -0.2) is 0 Å². The quantitative estimate of drug-likeness (QED) is 0.840. The van der Waals surface area contributed by atoms with E-state index >= 15 is 0 Å². The standard InChI is InChI=1S/C16H21NO/c1-3-18-13(2)11-17-12-14-8-9-15-6-4-5-7-16(15)10-14/h4-10,13,17H,3,11-12H2,1-2H3. The molecule has 0 saturated carbocycles. The van der Waals surface area contributed by atoms with Crippen molar-refractivity contribution in [2.45, 2.75) is 26.5 Å². The van der Waals surface area contributed by atoms with E-state index in [0.717, 1.165) is 19.7 Å². The van der Waals surface area contributed by atoms with E-state index < -0.39 is 0 Å². The van der Waals surface area contributed by atoms with Gasteiger partial charge in [0.2, 0.25) is 0 Å². The Morgan fingerprint density at radius 2 is 1.89 bits per heavy atom. The molecule has 2 aromatic carbocycles. The average molecular weight is 243 g/mol. The van der Waals surface area contributed by atoms with E-state index in [1.807, 2.05) is 6.92 Å². The molecule has 96 valence electrons. The summed E-state index contributed by atoms with van der Waals surface area (Å²) in [6.07, 6.45) is 0.274. The molecule has 2 aromatic rings. The van der Waals surface area contributed by atoms with Crippen LogP contribution in [0.4, 0.5) is 0 Å². The maximum absolute atomic E-state index is 5.49. The molecule has 0 amide bonds. The summed E-state index contributed by atoms with van der Waals surface area (Å²) in [5, 5.41) is 6.02. The molecule has 2 heteroatoms. The summed E-state index contributed by atoms with van der Waals surface area (Å²) in [5.74, 6) is 0. The van der Waals surface area contributed by atoms with Gasteiger partial charge in [-0.2, -0.15) is 0 Å². The third kappa shape index (κ3) is 3.56. The van der Waals surface area contributed by atoms with Gasteiger partial charge in [0.1, 0.15) is 0 Å². The Morgan fingerprint density at radius 1 is 1.11 bits per heavy atom. The predicted octanol–water partition coefficient (Wildman–Crippen LogP) is 3.35. The number of rotatable bonds is 6. The van der Waals surface area contributed by atoms with E-state index in [2.05, 4.69) is 54.7 Å². The molecule has 1 atom stereocenters. The zero-order valence-electron chi connectivity index (χ0n) is 11.1. The lowest BCUT2D eigenvalue weighted by Gasteiger charge is -2.12. The maximum Gasteiger partial charge on any atom is 0.0671 e. The van der Waals surface area contributed by atoms with Gasteiger partial charge in [-0.05, 0) is 36.2 Å². The molecule has 0 fully saturated rings. The Hall–Kier alpha value is -1.38. The summed E-state index contributed by atoms with van der Waals surface area (Å²) in [6.45, 7) is 6.68. The van der Waals surface area contributed by atoms with Crippen LogP contribution >= 0.6 is 0 Å². The first-order valence-corrected chi connectivity index (χ1v) is 6.59. The van der Waals surface area contributed by atoms with E-state index in [1.54, 1.807) is 0 Å². The van der Waals surface area contributed by atoms with Crippen LogP contribution in [-0.4, -0.2) is 19.3 Å². The van der Waals surface area contributed by atoms with Crippen molar-refractivity contribution in [3.05, 3.63) is 48.0 Å². The molecule has 0 aliphatic rings. The third-order valence-corrected chi connectivity index (χ3v) is 3.03. The highest BCUT2D eigenvalue weighted by atomic mass is 16.5. The fraction of sp³-hybridized carbons (Fsp3) is 0.375. The Labute approximate surface area is 109 Å². The van der Waals surface area contributed by atoms with Gasteiger partial charge in [-0.3, -0.25) is 0 Å². The largest absolute Gasteiger partial charge is 0.377 e. The van der Waals surface area contributed by atoms with Crippen LogP contribution in [0, 0.1) is 0 Å². The molecular formula is C16H21NO. The second-order valence-electron chi connectivity index (χ2n) is 4.58. The van der Waals surface area contributed by atoms with Crippen LogP contribution in [0.25, 0.3) is 10.8 Å². The summed E-state index contributed by atoms with van der Waals surface area (Å²) in [6, 6.07) is 15.1. The van der Waals surface area contributed by atoms with Crippen molar-refractivity contribution in [3.63, 3.8) is 0 Å². The van der Waals surface area contributed by atoms with Crippen molar-refractivity contribution in [1.29, 1.82) is 0 Å². The lowest BCUT2D eigenvalue weighted by Crippen LogP contribution is -2.26. The van der Waals surface area contributed by atoms with Crippen LogP contribution in [0.5, 0.6) is 0 Å². The van der Waals surface area contributed by atoms with Crippen LogP contribution in [0.3, 0.4) is 0 Å². The Balaban J connectivity index is 1.91. The Morgan fingerprint density at radius 3 is 2.67 bits per heavy atom. The number of fused-ring (bicyclic) bond motifs is 1. The van der Waals surface area contributed by atoms with Crippen LogP contribution in [0.2, 0.25) is 0 Å². The minimum atomic E-state index is 0.274. The molecule has 0 aromatic heterocycles. The van der Waals surface area contributed by atoms with E-state index in [9.17, 15) is 0 Å². The second kappa shape index (κ2) is 6.53. The van der Waals surface area contributed by atoms with E-state index in [-0.39, 0.29) is 6.10 Å². The molecule has 1 N–H and O–H groups in total. The normalized spacial score (nSPS) is 12.8. The lowest BCUT2D eigenvalue weighted by molar-refractivity contribution is 0.0759. The lowest BCUT2D eigenvalue weighted by atomic mass is 10.1. The van der Waals surface area contributed by atoms with Crippen molar-refractivity contribution in [2.24, 2.45) is 0 Å². The van der Waals surface area contributed by atoms with Gasteiger partial charge in [-0.1, -0.05) is 36.4 Å². The number of ether oxygens (including phenoxy) is 1. The number of hydrogen-bond donors (Lipinski definition) is 1. The first kappa shape index (κ1) is 13.1. The zero-order valence-corrected chi connectivity index (χ0v) is 11.1. The van der Waals surface area contributed by atoms with Crippen molar-refractivity contribution >= 4 is 10.8 Å². The van der Waals surface area contributed by atoms with Crippen molar-refractivity contribution in [3.8, 4) is 0 Å². The summed E-state index contributed by atoms with van der Waals surface area (Å²) in [4.78, 5) is 0. The second-order valence-corrected chi connectivity index (χ2v) is 4.58. The highest BCUT2D eigenvalue weighted by Gasteiger charge is 2.00.